The quantitative estimate of drug-likeness (QED) is 0.757. The lowest BCUT2D eigenvalue weighted by atomic mass is 10.3. The molecule has 94 valence electrons. The highest BCUT2D eigenvalue weighted by atomic mass is 32.2. The monoisotopic (exact) mass is 252 g/mol. The van der Waals surface area contributed by atoms with Crippen molar-refractivity contribution in [3.05, 3.63) is 23.9 Å². The minimum atomic E-state index is 0.0517. The maximum Gasteiger partial charge on any atom is 0.226 e. The van der Waals surface area contributed by atoms with Gasteiger partial charge < -0.3 is 5.32 Å². The Morgan fingerprint density at radius 3 is 3.00 bits per heavy atom. The van der Waals surface area contributed by atoms with Gasteiger partial charge in [0, 0.05) is 18.4 Å². The molecular formula is C13H20N2OS. The van der Waals surface area contributed by atoms with Crippen LogP contribution in [0.3, 0.4) is 0 Å². The number of hydrogen-bond acceptors (Lipinski definition) is 3. The number of aryl methyl sites for hydroxylation is 1. The Morgan fingerprint density at radius 1 is 1.47 bits per heavy atom. The van der Waals surface area contributed by atoms with Crippen LogP contribution in [-0.4, -0.2) is 22.4 Å². The molecule has 0 aromatic carbocycles. The fourth-order valence-corrected chi connectivity index (χ4v) is 2.35. The average Bonchev–Trinajstić information content (AvgIpc) is 2.32. The highest BCUT2D eigenvalue weighted by Gasteiger charge is 2.04. The highest BCUT2D eigenvalue weighted by Crippen LogP contribution is 2.11. The molecule has 0 saturated heterocycles. The summed E-state index contributed by atoms with van der Waals surface area (Å²) in [5, 5.41) is 2.84. The average molecular weight is 252 g/mol. The van der Waals surface area contributed by atoms with Crippen LogP contribution in [0.5, 0.6) is 0 Å². The first-order valence-electron chi connectivity index (χ1n) is 6.03. The molecule has 17 heavy (non-hydrogen) atoms. The predicted molar refractivity (Wildman–Crippen MR) is 74.5 cm³/mol. The zero-order valence-electron chi connectivity index (χ0n) is 10.5. The fourth-order valence-electron chi connectivity index (χ4n) is 1.32. The van der Waals surface area contributed by atoms with Crippen LogP contribution in [-0.2, 0) is 4.79 Å². The number of amides is 1. The summed E-state index contributed by atoms with van der Waals surface area (Å²) < 4.78 is 0. The van der Waals surface area contributed by atoms with Gasteiger partial charge in [-0.15, -0.1) is 0 Å². The second-order valence-electron chi connectivity index (χ2n) is 3.93. The summed E-state index contributed by atoms with van der Waals surface area (Å²) in [4.78, 5) is 15.8. The lowest BCUT2D eigenvalue weighted by molar-refractivity contribution is -0.115. The van der Waals surface area contributed by atoms with Gasteiger partial charge in [-0.05, 0) is 30.7 Å². The third-order valence-corrected chi connectivity index (χ3v) is 3.45. The van der Waals surface area contributed by atoms with Crippen LogP contribution in [0.1, 0.15) is 31.7 Å². The second-order valence-corrected chi connectivity index (χ2v) is 5.16. The van der Waals surface area contributed by atoms with E-state index >= 15 is 0 Å². The van der Waals surface area contributed by atoms with E-state index in [9.17, 15) is 4.79 Å². The topological polar surface area (TPSA) is 42.0 Å². The zero-order chi connectivity index (χ0) is 12.5. The number of unbranched alkanes of at least 4 members (excludes halogenated alkanes) is 1. The molecule has 1 rings (SSSR count). The van der Waals surface area contributed by atoms with Crippen molar-refractivity contribution in [1.29, 1.82) is 0 Å². The van der Waals surface area contributed by atoms with Gasteiger partial charge in [0.1, 0.15) is 5.82 Å². The van der Waals surface area contributed by atoms with Gasteiger partial charge in [-0.1, -0.05) is 19.4 Å². The van der Waals surface area contributed by atoms with Gasteiger partial charge >= 0.3 is 0 Å². The molecule has 0 radical (unpaired) electrons. The molecule has 0 spiro atoms. The van der Waals surface area contributed by atoms with E-state index in [1.54, 1.807) is 6.20 Å². The molecule has 4 heteroatoms. The van der Waals surface area contributed by atoms with E-state index in [1.165, 1.54) is 12.8 Å². The van der Waals surface area contributed by atoms with E-state index in [2.05, 4.69) is 17.2 Å². The largest absolute Gasteiger partial charge is 0.310 e. The third-order valence-electron chi connectivity index (χ3n) is 2.38. The summed E-state index contributed by atoms with van der Waals surface area (Å²) >= 11 is 1.84. The summed E-state index contributed by atoms with van der Waals surface area (Å²) in [6.45, 7) is 4.12. The molecule has 1 N–H and O–H groups in total. The molecular weight excluding hydrogens is 232 g/mol. The van der Waals surface area contributed by atoms with Crippen molar-refractivity contribution < 1.29 is 4.79 Å². The molecule has 0 aliphatic carbocycles. The normalized spacial score (nSPS) is 10.2. The number of rotatable bonds is 7. The van der Waals surface area contributed by atoms with Crippen molar-refractivity contribution in [2.75, 3.05) is 16.8 Å². The Balaban J connectivity index is 2.23. The number of aromatic nitrogens is 1. The molecule has 1 aromatic rings. The molecule has 0 aliphatic heterocycles. The van der Waals surface area contributed by atoms with Crippen molar-refractivity contribution >= 4 is 23.5 Å². The van der Waals surface area contributed by atoms with Crippen molar-refractivity contribution in [3.8, 4) is 0 Å². The van der Waals surface area contributed by atoms with Crippen LogP contribution in [0.15, 0.2) is 18.3 Å². The molecule has 0 saturated carbocycles. The van der Waals surface area contributed by atoms with E-state index in [0.717, 1.165) is 17.1 Å². The number of carbonyl (C=O) groups is 1. The van der Waals surface area contributed by atoms with Crippen LogP contribution in [0.4, 0.5) is 5.82 Å². The van der Waals surface area contributed by atoms with Crippen LogP contribution >= 0.6 is 11.8 Å². The summed E-state index contributed by atoms with van der Waals surface area (Å²) in [5.41, 5.74) is 1.000. The lowest BCUT2D eigenvalue weighted by Crippen LogP contribution is -2.14. The van der Waals surface area contributed by atoms with E-state index in [-0.39, 0.29) is 5.91 Å². The van der Waals surface area contributed by atoms with Gasteiger partial charge in [-0.2, -0.15) is 11.8 Å². The molecule has 0 fully saturated rings. The standard InChI is InChI=1S/C13H20N2OS/c1-3-4-9-17-10-7-12(16)15-13-11(2)6-5-8-14-13/h5-6,8H,3-4,7,9-10H2,1-2H3,(H,14,15,16). The Bertz CT molecular complexity index is 355. The maximum atomic E-state index is 11.6. The molecule has 0 aliphatic rings. The summed E-state index contributed by atoms with van der Waals surface area (Å²) in [7, 11) is 0. The van der Waals surface area contributed by atoms with E-state index < -0.39 is 0 Å². The summed E-state index contributed by atoms with van der Waals surface area (Å²) in [6.07, 6.45) is 4.70. The first-order valence-corrected chi connectivity index (χ1v) is 7.18. The molecule has 1 aromatic heterocycles. The zero-order valence-corrected chi connectivity index (χ0v) is 11.3. The molecule has 1 heterocycles. The Labute approximate surface area is 107 Å². The number of hydrogen-bond donors (Lipinski definition) is 1. The maximum absolute atomic E-state index is 11.6. The van der Waals surface area contributed by atoms with Crippen LogP contribution < -0.4 is 5.32 Å². The SMILES string of the molecule is CCCCSCCC(=O)Nc1ncccc1C. The van der Waals surface area contributed by atoms with Crippen LogP contribution in [0, 0.1) is 6.92 Å². The van der Waals surface area contributed by atoms with Crippen molar-refractivity contribution in [1.82, 2.24) is 4.98 Å². The molecule has 0 unspecified atom stereocenters. The van der Waals surface area contributed by atoms with Gasteiger partial charge in [0.25, 0.3) is 0 Å². The van der Waals surface area contributed by atoms with E-state index in [1.807, 2.05) is 30.8 Å². The molecule has 1 amide bonds. The molecule has 0 atom stereocenters. The van der Waals surface area contributed by atoms with Gasteiger partial charge in [-0.3, -0.25) is 4.79 Å². The van der Waals surface area contributed by atoms with Crippen molar-refractivity contribution in [3.63, 3.8) is 0 Å². The smallest absolute Gasteiger partial charge is 0.226 e. The summed E-state index contributed by atoms with van der Waals surface area (Å²) in [6, 6.07) is 3.81. The van der Waals surface area contributed by atoms with E-state index in [4.69, 9.17) is 0 Å². The number of pyridine rings is 1. The number of carbonyl (C=O) groups excluding carboxylic acids is 1. The van der Waals surface area contributed by atoms with Crippen molar-refractivity contribution in [2.24, 2.45) is 0 Å². The fraction of sp³-hybridized carbons (Fsp3) is 0.538. The minimum Gasteiger partial charge on any atom is -0.310 e. The van der Waals surface area contributed by atoms with Crippen molar-refractivity contribution in [2.45, 2.75) is 33.1 Å². The highest BCUT2D eigenvalue weighted by molar-refractivity contribution is 7.99. The Hall–Kier alpha value is -1.03. The Morgan fingerprint density at radius 2 is 2.29 bits per heavy atom. The lowest BCUT2D eigenvalue weighted by Gasteiger charge is -2.06. The van der Waals surface area contributed by atoms with E-state index in [0.29, 0.717) is 12.2 Å². The van der Waals surface area contributed by atoms with Gasteiger partial charge in [-0.25, -0.2) is 4.98 Å². The first-order chi connectivity index (χ1) is 8.24. The molecule has 0 bridgehead atoms. The predicted octanol–water partition coefficient (Wildman–Crippen LogP) is 3.25. The number of nitrogens with zero attached hydrogens (tertiary/aromatic N) is 1. The van der Waals surface area contributed by atoms with Crippen LogP contribution in [0.25, 0.3) is 0 Å². The van der Waals surface area contributed by atoms with Crippen LogP contribution in [0.2, 0.25) is 0 Å². The Kier molecular flexibility index (Phi) is 6.70. The van der Waals surface area contributed by atoms with Gasteiger partial charge in [0.2, 0.25) is 5.91 Å². The molecule has 3 nitrogen and oxygen atoms in total. The minimum absolute atomic E-state index is 0.0517. The number of anilines is 1. The summed E-state index contributed by atoms with van der Waals surface area (Å²) in [5.74, 6) is 2.76. The first kappa shape index (κ1) is 14.0. The van der Waals surface area contributed by atoms with Gasteiger partial charge in [0.15, 0.2) is 0 Å². The number of nitrogens with one attached hydrogen (secondary N) is 1. The van der Waals surface area contributed by atoms with Gasteiger partial charge in [0.05, 0.1) is 0 Å². The third kappa shape index (κ3) is 5.73. The number of thioether (sulfide) groups is 1. The second kappa shape index (κ2) is 8.12.